The van der Waals surface area contributed by atoms with E-state index in [4.69, 9.17) is 23.9 Å². The number of fused-ring (bicyclic) bond motifs is 3. The first-order valence-electron chi connectivity index (χ1n) is 24.1. The molecule has 1 saturated heterocycles. The van der Waals surface area contributed by atoms with Crippen LogP contribution in [0.1, 0.15) is 137 Å². The number of aliphatic imine (C=N–C) groups is 1. The predicted octanol–water partition coefficient (Wildman–Crippen LogP) is 8.63. The van der Waals surface area contributed by atoms with Gasteiger partial charge in [-0.3, -0.25) is 14.6 Å². The van der Waals surface area contributed by atoms with Crippen LogP contribution in [0.3, 0.4) is 0 Å². The molecule has 0 aromatic heterocycles. The summed E-state index contributed by atoms with van der Waals surface area (Å²) in [5, 5.41) is 23.7. The second kappa shape index (κ2) is 23.8. The molecule has 3 fully saturated rings. The number of hydrogen-bond acceptors (Lipinski definition) is 10. The Morgan fingerprint density at radius 1 is 0.937 bits per heavy atom. The van der Waals surface area contributed by atoms with Crippen LogP contribution in [0.25, 0.3) is 0 Å². The fourth-order valence-electron chi connectivity index (χ4n) is 11.2. The highest BCUT2D eigenvalue weighted by molar-refractivity contribution is 6.42. The first-order chi connectivity index (χ1) is 30.1. The fourth-order valence-corrected chi connectivity index (χ4v) is 11.2. The fraction of sp³-hybridized carbons (Fsp3) is 0.731. The average molecular weight is 877 g/mol. The van der Waals surface area contributed by atoms with Crippen molar-refractivity contribution in [2.45, 2.75) is 180 Å². The number of aliphatic hydroxyl groups is 2. The van der Waals surface area contributed by atoms with Crippen LogP contribution in [0.2, 0.25) is 0 Å². The highest BCUT2D eigenvalue weighted by Gasteiger charge is 2.54. The van der Waals surface area contributed by atoms with Gasteiger partial charge in [-0.1, -0.05) is 82.2 Å². The van der Waals surface area contributed by atoms with Gasteiger partial charge in [-0.25, -0.2) is 4.79 Å². The lowest BCUT2D eigenvalue weighted by molar-refractivity contribution is -0.161. The van der Waals surface area contributed by atoms with Crippen molar-refractivity contribution >= 4 is 23.4 Å². The summed E-state index contributed by atoms with van der Waals surface area (Å²) in [5.74, 6) is -1.46. The van der Waals surface area contributed by atoms with Gasteiger partial charge in [0.15, 0.2) is 0 Å². The van der Waals surface area contributed by atoms with Gasteiger partial charge in [-0.2, -0.15) is 0 Å². The maximum Gasteiger partial charge on any atom is 0.329 e. The van der Waals surface area contributed by atoms with Crippen LogP contribution in [0.15, 0.2) is 58.6 Å². The van der Waals surface area contributed by atoms with Crippen LogP contribution >= 0.6 is 0 Å². The molecule has 1 aromatic rings. The number of allylic oxidation sites excluding steroid dienone is 3. The summed E-state index contributed by atoms with van der Waals surface area (Å²) in [6, 6.07) is 8.84. The van der Waals surface area contributed by atoms with Gasteiger partial charge in [0.25, 0.3) is 5.91 Å². The molecule has 352 valence electrons. The zero-order valence-electron chi connectivity index (χ0n) is 39.9. The molecule has 2 saturated carbocycles. The van der Waals surface area contributed by atoms with E-state index in [-0.39, 0.29) is 72.4 Å². The number of rotatable bonds is 9. The molecule has 0 radical (unpaired) electrons. The highest BCUT2D eigenvalue weighted by Crippen LogP contribution is 2.44. The molecule has 1 amide bonds. The Morgan fingerprint density at radius 3 is 2.32 bits per heavy atom. The molecule has 2 heterocycles. The van der Waals surface area contributed by atoms with Crippen molar-refractivity contribution in [3.8, 4) is 0 Å². The molecule has 2 aliphatic carbocycles. The number of benzene rings is 1. The second-order valence-corrected chi connectivity index (χ2v) is 19.8. The maximum atomic E-state index is 15.3. The molecular weight excluding hydrogens is 797 g/mol. The number of ketones is 1. The van der Waals surface area contributed by atoms with Crippen molar-refractivity contribution in [3.63, 3.8) is 0 Å². The molecule has 13 unspecified atom stereocenters. The van der Waals surface area contributed by atoms with Gasteiger partial charge in [-0.05, 0) is 126 Å². The van der Waals surface area contributed by atoms with Gasteiger partial charge < -0.3 is 34.1 Å². The lowest BCUT2D eigenvalue weighted by Gasteiger charge is -2.48. The van der Waals surface area contributed by atoms with Crippen LogP contribution in [-0.4, -0.2) is 109 Å². The van der Waals surface area contributed by atoms with E-state index in [0.717, 1.165) is 48.8 Å². The van der Waals surface area contributed by atoms with E-state index in [9.17, 15) is 19.8 Å². The lowest BCUT2D eigenvalue weighted by Crippen LogP contribution is -2.61. The number of amides is 1. The number of hydrogen-bond donors (Lipinski definition) is 2. The van der Waals surface area contributed by atoms with Gasteiger partial charge in [-0.15, -0.1) is 0 Å². The number of cyclic esters (lactones) is 1. The SMILES string of the molecule is CCCC1/C=C(\C)CC(C)CC(OC)C2CC(O)(C(=NCc3ccccc3)C(=O)N3CCCCC3C(=O)OC(/C(C)=C/C3CCC(O)C(OC)C3)C(C)CCC1=O)C(C)CC2OC. The van der Waals surface area contributed by atoms with E-state index in [0.29, 0.717) is 57.9 Å². The first kappa shape index (κ1) is 50.8. The van der Waals surface area contributed by atoms with Crippen molar-refractivity contribution in [2.75, 3.05) is 27.9 Å². The molecule has 1 aromatic carbocycles. The summed E-state index contributed by atoms with van der Waals surface area (Å²) in [7, 11) is 5.04. The molecule has 2 aliphatic heterocycles. The number of aliphatic hydroxyl groups excluding tert-OH is 1. The standard InChI is InChI=1S/C52H80N2O9/c1-10-16-40-26-33(2)25-34(3)27-45(60-7)41-31-52(59,37(6)29-46(41)61-8)49(53-32-38-17-12-11-13-18-38)50(57)54-24-15-14-19-42(54)51(58)63-48(35(4)20-22-43(40)55)36(5)28-39-21-23-44(56)47(30-39)62-9/h11-13,17-18,26,28,34-35,37,39-42,44-48,56,59H,10,14-16,19-25,27,29-32H2,1-9H3/b33-26+,36-28+,53-49?. The van der Waals surface area contributed by atoms with Crippen LogP contribution in [-0.2, 0) is 39.9 Å². The number of piperidine rings is 1. The van der Waals surface area contributed by atoms with E-state index in [1.807, 2.05) is 51.1 Å². The van der Waals surface area contributed by atoms with Gasteiger partial charge in [0.1, 0.15) is 29.2 Å². The van der Waals surface area contributed by atoms with Crippen molar-refractivity contribution in [2.24, 2.45) is 40.5 Å². The average Bonchev–Trinajstić information content (AvgIpc) is 3.27. The Kier molecular flexibility index (Phi) is 19.2. The first-order valence-corrected chi connectivity index (χ1v) is 24.1. The molecule has 5 rings (SSSR count). The molecule has 11 heteroatoms. The quantitative estimate of drug-likeness (QED) is 0.184. The molecule has 63 heavy (non-hydrogen) atoms. The largest absolute Gasteiger partial charge is 0.456 e. The number of Topliss-reactive ketones (excluding diaryl/α,β-unsaturated/α-hetero) is 1. The molecule has 2 bridgehead atoms. The van der Waals surface area contributed by atoms with Crippen LogP contribution < -0.4 is 0 Å². The van der Waals surface area contributed by atoms with Crippen molar-refractivity contribution < 1.29 is 43.5 Å². The lowest BCUT2D eigenvalue weighted by atomic mass is 9.65. The third-order valence-electron chi connectivity index (χ3n) is 14.9. The van der Waals surface area contributed by atoms with E-state index < -0.39 is 41.6 Å². The number of ether oxygens (including phenoxy) is 4. The Balaban J connectivity index is 1.60. The number of carbonyl (C=O) groups is 3. The van der Waals surface area contributed by atoms with Gasteiger partial charge in [0.2, 0.25) is 0 Å². The number of nitrogens with zero attached hydrogens (tertiary/aromatic N) is 2. The third kappa shape index (κ3) is 13.0. The van der Waals surface area contributed by atoms with Crippen molar-refractivity contribution in [1.82, 2.24) is 4.90 Å². The van der Waals surface area contributed by atoms with Crippen molar-refractivity contribution in [3.05, 3.63) is 59.2 Å². The highest BCUT2D eigenvalue weighted by atomic mass is 16.5. The Bertz CT molecular complexity index is 1750. The molecule has 0 spiro atoms. The normalized spacial score (nSPS) is 37.7. The van der Waals surface area contributed by atoms with Gasteiger partial charge >= 0.3 is 5.97 Å². The van der Waals surface area contributed by atoms with E-state index in [1.54, 1.807) is 26.2 Å². The summed E-state index contributed by atoms with van der Waals surface area (Å²) in [5.41, 5.74) is 1.39. The van der Waals surface area contributed by atoms with E-state index in [2.05, 4.69) is 32.9 Å². The van der Waals surface area contributed by atoms with Crippen LogP contribution in [0, 0.1) is 35.5 Å². The maximum absolute atomic E-state index is 15.3. The van der Waals surface area contributed by atoms with Crippen LogP contribution in [0.5, 0.6) is 0 Å². The van der Waals surface area contributed by atoms with Crippen molar-refractivity contribution in [1.29, 1.82) is 0 Å². The zero-order chi connectivity index (χ0) is 45.8. The molecular formula is C52H80N2O9. The van der Waals surface area contributed by atoms with Gasteiger partial charge in [0.05, 0.1) is 31.0 Å². The number of methoxy groups -OCH3 is 3. The van der Waals surface area contributed by atoms with E-state index in [1.165, 1.54) is 0 Å². The number of carbonyl (C=O) groups excluding carboxylic acids is 3. The number of esters is 1. The summed E-state index contributed by atoms with van der Waals surface area (Å²) < 4.78 is 24.6. The molecule has 4 aliphatic rings. The summed E-state index contributed by atoms with van der Waals surface area (Å²) in [6.07, 6.45) is 11.0. The topological polar surface area (TPSA) is 144 Å². The predicted molar refractivity (Wildman–Crippen MR) is 247 cm³/mol. The Morgan fingerprint density at radius 2 is 1.63 bits per heavy atom. The second-order valence-electron chi connectivity index (χ2n) is 19.8. The van der Waals surface area contributed by atoms with E-state index >= 15 is 4.79 Å². The minimum atomic E-state index is -1.64. The van der Waals surface area contributed by atoms with Gasteiger partial charge in [0, 0.05) is 46.1 Å². The zero-order valence-corrected chi connectivity index (χ0v) is 39.9. The molecule has 13 atom stereocenters. The summed E-state index contributed by atoms with van der Waals surface area (Å²) >= 11 is 0. The summed E-state index contributed by atoms with van der Waals surface area (Å²) in [6.45, 7) is 13.0. The van der Waals surface area contributed by atoms with Crippen LogP contribution in [0.4, 0.5) is 0 Å². The summed E-state index contributed by atoms with van der Waals surface area (Å²) in [4.78, 5) is 50.8. The Labute approximate surface area is 378 Å². The third-order valence-corrected chi connectivity index (χ3v) is 14.9. The monoisotopic (exact) mass is 877 g/mol. The molecule has 11 nitrogen and oxygen atoms in total. The minimum absolute atomic E-state index is 0.0688. The molecule has 2 N–H and O–H groups in total. The smallest absolute Gasteiger partial charge is 0.329 e. The Hall–Kier alpha value is -3.22. The minimum Gasteiger partial charge on any atom is -0.456 e.